The highest BCUT2D eigenvalue weighted by Gasteiger charge is 2.25. The van der Waals surface area contributed by atoms with Crippen LogP contribution in [0.25, 0.3) is 0 Å². The first-order chi connectivity index (χ1) is 15.9. The Hall–Kier alpha value is -3.52. The summed E-state index contributed by atoms with van der Waals surface area (Å²) in [5, 5.41) is 2.79. The number of sulfonamides is 1. The van der Waals surface area contributed by atoms with Crippen molar-refractivity contribution in [1.82, 2.24) is 0 Å². The van der Waals surface area contributed by atoms with Crippen LogP contribution in [0.5, 0.6) is 11.5 Å². The number of nitrogens with one attached hydrogen (secondary N) is 1. The number of carbonyl (C=O) groups excluding carboxylic acids is 1. The molecule has 0 aliphatic rings. The standard InChI is InChI=1S/C25H28N2O5S/c1-4-27(20-11-6-5-7-12-20)33(29,30)21-15-16-24(32-3)22(18-21)26-25(28)17-14-19-10-8-9-13-23(19)31-2/h5-13,15-16,18H,4,14,17H2,1-3H3,(H,26,28). The van der Waals surface area contributed by atoms with Gasteiger partial charge in [0.05, 0.1) is 30.5 Å². The molecule has 0 heterocycles. The maximum Gasteiger partial charge on any atom is 0.264 e. The van der Waals surface area contributed by atoms with Crippen molar-refractivity contribution in [3.8, 4) is 11.5 Å². The molecule has 33 heavy (non-hydrogen) atoms. The molecule has 0 atom stereocenters. The third-order valence-electron chi connectivity index (χ3n) is 5.18. The number of carbonyl (C=O) groups is 1. The summed E-state index contributed by atoms with van der Waals surface area (Å²) >= 11 is 0. The van der Waals surface area contributed by atoms with Gasteiger partial charge in [-0.15, -0.1) is 0 Å². The highest BCUT2D eigenvalue weighted by atomic mass is 32.2. The Morgan fingerprint density at radius 3 is 2.24 bits per heavy atom. The maximum atomic E-state index is 13.3. The fourth-order valence-electron chi connectivity index (χ4n) is 3.53. The van der Waals surface area contributed by atoms with Gasteiger partial charge in [-0.05, 0) is 55.3 Å². The van der Waals surface area contributed by atoms with Gasteiger partial charge >= 0.3 is 0 Å². The average molecular weight is 469 g/mol. The van der Waals surface area contributed by atoms with Crippen molar-refractivity contribution in [3.63, 3.8) is 0 Å². The van der Waals surface area contributed by atoms with E-state index in [2.05, 4.69) is 5.32 Å². The van der Waals surface area contributed by atoms with Crippen molar-refractivity contribution in [2.24, 2.45) is 0 Å². The monoisotopic (exact) mass is 468 g/mol. The first-order valence-electron chi connectivity index (χ1n) is 10.6. The molecule has 0 fully saturated rings. The van der Waals surface area contributed by atoms with Gasteiger partial charge in [0.15, 0.2) is 0 Å². The van der Waals surface area contributed by atoms with Gasteiger partial charge in [-0.2, -0.15) is 0 Å². The molecule has 1 amide bonds. The lowest BCUT2D eigenvalue weighted by molar-refractivity contribution is -0.116. The Morgan fingerprint density at radius 2 is 1.58 bits per heavy atom. The number of ether oxygens (including phenoxy) is 2. The van der Waals surface area contributed by atoms with Gasteiger partial charge in [-0.3, -0.25) is 9.10 Å². The molecule has 8 heteroatoms. The summed E-state index contributed by atoms with van der Waals surface area (Å²) in [6.07, 6.45) is 0.680. The van der Waals surface area contributed by atoms with E-state index in [4.69, 9.17) is 9.47 Å². The Bertz CT molecular complexity index is 1200. The highest BCUT2D eigenvalue weighted by molar-refractivity contribution is 7.92. The third kappa shape index (κ3) is 5.64. The topological polar surface area (TPSA) is 84.9 Å². The summed E-state index contributed by atoms with van der Waals surface area (Å²) < 4.78 is 38.7. The minimum absolute atomic E-state index is 0.0639. The second kappa shape index (κ2) is 10.9. The molecule has 1 N–H and O–H groups in total. The van der Waals surface area contributed by atoms with Crippen molar-refractivity contribution in [1.29, 1.82) is 0 Å². The summed E-state index contributed by atoms with van der Waals surface area (Å²) in [5.41, 5.74) is 1.78. The molecule has 0 saturated heterocycles. The van der Waals surface area contributed by atoms with E-state index in [1.54, 1.807) is 44.4 Å². The predicted octanol–water partition coefficient (Wildman–Crippen LogP) is 4.49. The number of benzene rings is 3. The molecule has 0 saturated carbocycles. The molecular weight excluding hydrogens is 440 g/mol. The van der Waals surface area contributed by atoms with Gasteiger partial charge in [0.1, 0.15) is 11.5 Å². The quantitative estimate of drug-likeness (QED) is 0.474. The predicted molar refractivity (Wildman–Crippen MR) is 130 cm³/mol. The van der Waals surface area contributed by atoms with Crippen LogP contribution < -0.4 is 19.1 Å². The first kappa shape index (κ1) is 24.1. The molecule has 174 valence electrons. The zero-order valence-corrected chi connectivity index (χ0v) is 19.8. The fourth-order valence-corrected chi connectivity index (χ4v) is 5.03. The number of methoxy groups -OCH3 is 2. The van der Waals surface area contributed by atoms with Crippen molar-refractivity contribution in [2.45, 2.75) is 24.7 Å². The lowest BCUT2D eigenvalue weighted by atomic mass is 10.1. The van der Waals surface area contributed by atoms with Gasteiger partial charge in [0, 0.05) is 13.0 Å². The second-order valence-electron chi connectivity index (χ2n) is 7.23. The summed E-state index contributed by atoms with van der Waals surface area (Å²) in [6, 6.07) is 20.8. The van der Waals surface area contributed by atoms with E-state index in [1.807, 2.05) is 30.3 Å². The molecule has 3 rings (SSSR count). The van der Waals surface area contributed by atoms with Gasteiger partial charge < -0.3 is 14.8 Å². The molecule has 0 aliphatic heterocycles. The minimum Gasteiger partial charge on any atom is -0.496 e. The molecule has 0 aromatic heterocycles. The highest BCUT2D eigenvalue weighted by Crippen LogP contribution is 2.31. The van der Waals surface area contributed by atoms with Gasteiger partial charge in [-0.25, -0.2) is 8.42 Å². The summed E-state index contributed by atoms with van der Waals surface area (Å²) in [4.78, 5) is 12.7. The van der Waals surface area contributed by atoms with Gasteiger partial charge in [0.2, 0.25) is 5.91 Å². The molecule has 7 nitrogen and oxygen atoms in total. The van der Waals surface area contributed by atoms with E-state index in [-0.39, 0.29) is 23.8 Å². The molecule has 3 aromatic rings. The zero-order valence-electron chi connectivity index (χ0n) is 18.9. The van der Waals surface area contributed by atoms with E-state index < -0.39 is 10.0 Å². The van der Waals surface area contributed by atoms with Gasteiger partial charge in [-0.1, -0.05) is 36.4 Å². The van der Waals surface area contributed by atoms with Crippen molar-refractivity contribution >= 4 is 27.3 Å². The summed E-state index contributed by atoms with van der Waals surface area (Å²) in [5.74, 6) is 0.836. The number of hydrogen-bond acceptors (Lipinski definition) is 5. The van der Waals surface area contributed by atoms with Crippen LogP contribution in [-0.4, -0.2) is 35.1 Å². The smallest absolute Gasteiger partial charge is 0.264 e. The van der Waals surface area contributed by atoms with Crippen molar-refractivity contribution in [2.75, 3.05) is 30.4 Å². The van der Waals surface area contributed by atoms with Crippen LogP contribution in [0.3, 0.4) is 0 Å². The Kier molecular flexibility index (Phi) is 7.95. The zero-order chi connectivity index (χ0) is 23.8. The van der Waals surface area contributed by atoms with Crippen LogP contribution in [-0.2, 0) is 21.2 Å². The lowest BCUT2D eigenvalue weighted by Gasteiger charge is -2.23. The van der Waals surface area contributed by atoms with Crippen LogP contribution in [0.4, 0.5) is 11.4 Å². The molecule has 0 bridgehead atoms. The molecule has 0 aliphatic carbocycles. The molecule has 0 spiro atoms. The molecular formula is C25H28N2O5S. The van der Waals surface area contributed by atoms with Crippen LogP contribution in [0.1, 0.15) is 18.9 Å². The number of aryl methyl sites for hydroxylation is 1. The van der Waals surface area contributed by atoms with E-state index in [9.17, 15) is 13.2 Å². The van der Waals surface area contributed by atoms with Crippen LogP contribution in [0.2, 0.25) is 0 Å². The molecule has 3 aromatic carbocycles. The number of anilines is 2. The summed E-state index contributed by atoms with van der Waals surface area (Å²) in [7, 11) is -0.785. The summed E-state index contributed by atoms with van der Waals surface area (Å²) in [6.45, 7) is 2.04. The maximum absolute atomic E-state index is 13.3. The average Bonchev–Trinajstić information content (AvgIpc) is 2.83. The van der Waals surface area contributed by atoms with Gasteiger partial charge in [0.25, 0.3) is 10.0 Å². The van der Waals surface area contributed by atoms with E-state index in [0.29, 0.717) is 23.5 Å². The molecule has 0 radical (unpaired) electrons. The van der Waals surface area contributed by atoms with E-state index in [0.717, 1.165) is 11.3 Å². The van der Waals surface area contributed by atoms with Crippen LogP contribution in [0, 0.1) is 0 Å². The van der Waals surface area contributed by atoms with Crippen molar-refractivity contribution < 1.29 is 22.7 Å². The van der Waals surface area contributed by atoms with E-state index >= 15 is 0 Å². The number of para-hydroxylation sites is 2. The molecule has 0 unspecified atom stereocenters. The third-order valence-corrected chi connectivity index (χ3v) is 7.08. The Labute approximate surface area is 195 Å². The van der Waals surface area contributed by atoms with Crippen molar-refractivity contribution in [3.05, 3.63) is 78.4 Å². The van der Waals surface area contributed by atoms with Crippen LogP contribution in [0.15, 0.2) is 77.7 Å². The number of amides is 1. The number of rotatable bonds is 10. The Balaban J connectivity index is 1.82. The lowest BCUT2D eigenvalue weighted by Crippen LogP contribution is -2.30. The number of nitrogens with zero attached hydrogens (tertiary/aromatic N) is 1. The Morgan fingerprint density at radius 1 is 0.909 bits per heavy atom. The normalized spacial score (nSPS) is 11.0. The SMILES string of the molecule is CCN(c1ccccc1)S(=O)(=O)c1ccc(OC)c(NC(=O)CCc2ccccc2OC)c1. The van der Waals surface area contributed by atoms with E-state index in [1.165, 1.54) is 23.5 Å². The minimum atomic E-state index is -3.84. The van der Waals surface area contributed by atoms with Crippen LogP contribution >= 0.6 is 0 Å². The number of hydrogen-bond donors (Lipinski definition) is 1. The largest absolute Gasteiger partial charge is 0.496 e. The fraction of sp³-hybridized carbons (Fsp3) is 0.240. The first-order valence-corrected chi connectivity index (χ1v) is 12.0. The second-order valence-corrected chi connectivity index (χ2v) is 9.09.